The van der Waals surface area contributed by atoms with Crippen LogP contribution < -0.4 is 0 Å². The molecule has 0 aliphatic carbocycles. The molecule has 1 aliphatic heterocycles. The number of hydrogen-bond acceptors (Lipinski definition) is 1. The zero-order valence-electron chi connectivity index (χ0n) is 16.1. The molecule has 0 fully saturated rings. The molecular formula is C27H22S. The van der Waals surface area contributed by atoms with Crippen LogP contribution in [0, 0.1) is 13.8 Å². The van der Waals surface area contributed by atoms with E-state index in [4.69, 9.17) is 0 Å². The molecule has 0 saturated heterocycles. The Hall–Kier alpha value is -2.77. The van der Waals surface area contributed by atoms with Gasteiger partial charge in [-0.2, -0.15) is 0 Å². The summed E-state index contributed by atoms with van der Waals surface area (Å²) in [6.45, 7) is 4.37. The SMILES string of the molecule is Cc1cccc(C2(c3cccc(C)c3)c3ccccc3Sc3ccccc32)c1. The number of hydrogen-bond donors (Lipinski definition) is 0. The summed E-state index contributed by atoms with van der Waals surface area (Å²) in [4.78, 5) is 2.67. The minimum absolute atomic E-state index is 0.309. The quantitative estimate of drug-likeness (QED) is 0.314. The van der Waals surface area contributed by atoms with Crippen molar-refractivity contribution in [1.29, 1.82) is 0 Å². The summed E-state index contributed by atoms with van der Waals surface area (Å²) < 4.78 is 0. The van der Waals surface area contributed by atoms with Gasteiger partial charge in [0.2, 0.25) is 0 Å². The highest BCUT2D eigenvalue weighted by atomic mass is 32.2. The van der Waals surface area contributed by atoms with Gasteiger partial charge in [-0.3, -0.25) is 0 Å². The van der Waals surface area contributed by atoms with Gasteiger partial charge in [0.05, 0.1) is 5.41 Å². The lowest BCUT2D eigenvalue weighted by atomic mass is 9.64. The van der Waals surface area contributed by atoms with Gasteiger partial charge in [0.15, 0.2) is 0 Å². The van der Waals surface area contributed by atoms with Gasteiger partial charge in [-0.25, -0.2) is 0 Å². The lowest BCUT2D eigenvalue weighted by Gasteiger charge is -2.42. The van der Waals surface area contributed by atoms with Crippen LogP contribution in [-0.2, 0) is 5.41 Å². The van der Waals surface area contributed by atoms with Crippen molar-refractivity contribution in [3.63, 3.8) is 0 Å². The van der Waals surface area contributed by atoms with Gasteiger partial charge in [-0.15, -0.1) is 0 Å². The molecule has 4 aromatic rings. The fraction of sp³-hybridized carbons (Fsp3) is 0.111. The zero-order valence-corrected chi connectivity index (χ0v) is 17.0. The fourth-order valence-corrected chi connectivity index (χ4v) is 5.73. The molecule has 0 bridgehead atoms. The molecule has 28 heavy (non-hydrogen) atoms. The molecule has 0 spiro atoms. The van der Waals surface area contributed by atoms with E-state index in [0.29, 0.717) is 0 Å². The van der Waals surface area contributed by atoms with Gasteiger partial charge >= 0.3 is 0 Å². The summed E-state index contributed by atoms with van der Waals surface area (Å²) in [6, 6.07) is 35.8. The monoisotopic (exact) mass is 378 g/mol. The van der Waals surface area contributed by atoms with Crippen molar-refractivity contribution in [2.45, 2.75) is 29.1 Å². The largest absolute Gasteiger partial charge is 0.0894 e. The van der Waals surface area contributed by atoms with E-state index in [-0.39, 0.29) is 5.41 Å². The molecule has 0 N–H and O–H groups in total. The second kappa shape index (κ2) is 6.68. The second-order valence-electron chi connectivity index (χ2n) is 7.58. The molecule has 0 atom stereocenters. The Bertz CT molecular complexity index is 1080. The maximum atomic E-state index is 2.35. The summed E-state index contributed by atoms with van der Waals surface area (Å²) in [5.74, 6) is 0. The highest BCUT2D eigenvalue weighted by molar-refractivity contribution is 7.99. The smallest absolute Gasteiger partial charge is 0.0723 e. The molecule has 0 amide bonds. The van der Waals surface area contributed by atoms with Gasteiger partial charge in [0.1, 0.15) is 0 Å². The van der Waals surface area contributed by atoms with E-state index in [1.54, 1.807) is 0 Å². The van der Waals surface area contributed by atoms with Crippen LogP contribution in [0.2, 0.25) is 0 Å². The van der Waals surface area contributed by atoms with Crippen LogP contribution in [0.5, 0.6) is 0 Å². The molecule has 1 heterocycles. The predicted octanol–water partition coefficient (Wildman–Crippen LogP) is 7.15. The summed E-state index contributed by atoms with van der Waals surface area (Å²) in [6.07, 6.45) is 0. The summed E-state index contributed by atoms with van der Waals surface area (Å²) in [5, 5.41) is 0. The molecule has 0 nitrogen and oxygen atoms in total. The minimum atomic E-state index is -0.309. The predicted molar refractivity (Wildman–Crippen MR) is 118 cm³/mol. The Morgan fingerprint density at radius 2 is 1.00 bits per heavy atom. The number of rotatable bonds is 2. The Morgan fingerprint density at radius 1 is 0.536 bits per heavy atom. The molecule has 136 valence electrons. The Labute approximate surface area is 171 Å². The molecule has 1 heteroatoms. The van der Waals surface area contributed by atoms with Crippen LogP contribution in [0.15, 0.2) is 107 Å². The standard InChI is InChI=1S/C27H22S/c1-19-9-7-11-21(17-19)27(22-12-8-10-20(2)18-22)23-13-3-5-15-25(23)28-26-16-6-4-14-24(26)27/h3-18H,1-2H3. The van der Waals surface area contributed by atoms with Crippen LogP contribution in [0.4, 0.5) is 0 Å². The van der Waals surface area contributed by atoms with Crippen molar-refractivity contribution < 1.29 is 0 Å². The van der Waals surface area contributed by atoms with Crippen molar-refractivity contribution in [2.75, 3.05) is 0 Å². The van der Waals surface area contributed by atoms with Crippen LogP contribution in [0.25, 0.3) is 0 Å². The summed E-state index contributed by atoms with van der Waals surface area (Å²) >= 11 is 1.88. The van der Waals surface area contributed by atoms with Gasteiger partial charge < -0.3 is 0 Å². The van der Waals surface area contributed by atoms with Crippen molar-refractivity contribution >= 4 is 11.8 Å². The summed E-state index contributed by atoms with van der Waals surface area (Å²) in [5.41, 5.74) is 7.67. The third-order valence-corrected chi connectivity index (χ3v) is 6.86. The molecule has 0 aromatic heterocycles. The lowest BCUT2D eigenvalue weighted by Crippen LogP contribution is -2.34. The second-order valence-corrected chi connectivity index (χ2v) is 8.67. The van der Waals surface area contributed by atoms with Crippen LogP contribution in [0.1, 0.15) is 33.4 Å². The first-order valence-electron chi connectivity index (χ1n) is 9.71. The average Bonchev–Trinajstić information content (AvgIpc) is 2.72. The summed E-state index contributed by atoms with van der Waals surface area (Å²) in [7, 11) is 0. The molecule has 0 saturated carbocycles. The number of aryl methyl sites for hydroxylation is 2. The number of fused-ring (bicyclic) bond motifs is 2. The topological polar surface area (TPSA) is 0 Å². The zero-order chi connectivity index (χ0) is 19.1. The maximum absolute atomic E-state index is 2.35. The van der Waals surface area contributed by atoms with Gasteiger partial charge in [-0.05, 0) is 48.2 Å². The van der Waals surface area contributed by atoms with Crippen LogP contribution >= 0.6 is 11.8 Å². The fourth-order valence-electron chi connectivity index (χ4n) is 4.54. The molecule has 0 unspecified atom stereocenters. The van der Waals surface area contributed by atoms with Gasteiger partial charge in [-0.1, -0.05) is 108 Å². The van der Waals surface area contributed by atoms with Gasteiger partial charge in [0.25, 0.3) is 0 Å². The first-order valence-corrected chi connectivity index (χ1v) is 10.5. The number of benzene rings is 4. The Kier molecular flexibility index (Phi) is 4.14. The lowest BCUT2D eigenvalue weighted by molar-refractivity contribution is 0.701. The third kappa shape index (κ3) is 2.54. The minimum Gasteiger partial charge on any atom is -0.0894 e. The van der Waals surface area contributed by atoms with Crippen molar-refractivity contribution in [3.8, 4) is 0 Å². The maximum Gasteiger partial charge on any atom is 0.0723 e. The first kappa shape index (κ1) is 17.3. The van der Waals surface area contributed by atoms with E-state index in [0.717, 1.165) is 0 Å². The molecular weight excluding hydrogens is 356 g/mol. The van der Waals surface area contributed by atoms with Crippen molar-refractivity contribution in [2.24, 2.45) is 0 Å². The molecule has 5 rings (SSSR count). The molecule has 4 aromatic carbocycles. The highest BCUT2D eigenvalue weighted by Gasteiger charge is 2.44. The van der Waals surface area contributed by atoms with E-state index in [9.17, 15) is 0 Å². The van der Waals surface area contributed by atoms with Crippen molar-refractivity contribution in [1.82, 2.24) is 0 Å². The van der Waals surface area contributed by atoms with Crippen molar-refractivity contribution in [3.05, 3.63) is 130 Å². The van der Waals surface area contributed by atoms with E-state index in [1.807, 2.05) is 11.8 Å². The third-order valence-electron chi connectivity index (χ3n) is 5.70. The van der Waals surface area contributed by atoms with Gasteiger partial charge in [0, 0.05) is 9.79 Å². The molecule has 1 aliphatic rings. The van der Waals surface area contributed by atoms with E-state index < -0.39 is 0 Å². The normalized spacial score (nSPS) is 14.2. The first-order chi connectivity index (χ1) is 13.7. The Balaban J connectivity index is 1.98. The van der Waals surface area contributed by atoms with E-state index >= 15 is 0 Å². The Morgan fingerprint density at radius 3 is 1.46 bits per heavy atom. The van der Waals surface area contributed by atoms with E-state index in [2.05, 4.69) is 111 Å². The van der Waals surface area contributed by atoms with E-state index in [1.165, 1.54) is 43.2 Å². The average molecular weight is 379 g/mol. The van der Waals surface area contributed by atoms with Crippen LogP contribution in [0.3, 0.4) is 0 Å². The van der Waals surface area contributed by atoms with Crippen LogP contribution in [-0.4, -0.2) is 0 Å². The molecule has 0 radical (unpaired) electrons. The highest BCUT2D eigenvalue weighted by Crippen LogP contribution is 2.55.